The van der Waals surface area contributed by atoms with E-state index in [2.05, 4.69) is 0 Å². The number of anilines is 1. The Balaban J connectivity index is 1.59. The quantitative estimate of drug-likeness (QED) is 0.418. The first-order valence-corrected chi connectivity index (χ1v) is 11.9. The van der Waals surface area contributed by atoms with Gasteiger partial charge in [-0.1, -0.05) is 18.2 Å². The number of rotatable bonds is 3. The molecule has 4 aliphatic rings. The van der Waals surface area contributed by atoms with Crippen molar-refractivity contribution in [3.63, 3.8) is 0 Å². The number of Topliss-reactive ketones (excluding diaryl/α,β-unsaturated/α-hetero) is 1. The molecule has 0 aromatic heterocycles. The fourth-order valence-corrected chi connectivity index (χ4v) is 5.93. The van der Waals surface area contributed by atoms with Gasteiger partial charge in [-0.2, -0.15) is 0 Å². The Kier molecular flexibility index (Phi) is 4.79. The van der Waals surface area contributed by atoms with E-state index < -0.39 is 23.1 Å². The first kappa shape index (κ1) is 21.9. The van der Waals surface area contributed by atoms with Crippen molar-refractivity contribution in [2.75, 3.05) is 25.1 Å². The van der Waals surface area contributed by atoms with Gasteiger partial charge in [-0.25, -0.2) is 0 Å². The van der Waals surface area contributed by atoms with Gasteiger partial charge in [-0.15, -0.1) is 0 Å². The molecule has 6 rings (SSSR count). The maximum atomic E-state index is 14.0. The molecule has 0 radical (unpaired) electrons. The zero-order chi connectivity index (χ0) is 24.5. The summed E-state index contributed by atoms with van der Waals surface area (Å²) in [5.41, 5.74) is 0.422. The number of aliphatic hydroxyl groups is 1. The second kappa shape index (κ2) is 7.68. The lowest BCUT2D eigenvalue weighted by Crippen LogP contribution is -2.53. The van der Waals surface area contributed by atoms with Crippen LogP contribution in [0.5, 0.6) is 5.75 Å². The summed E-state index contributed by atoms with van der Waals surface area (Å²) >= 11 is 0. The van der Waals surface area contributed by atoms with Crippen LogP contribution in [0.4, 0.5) is 5.69 Å². The Hall–Kier alpha value is -3.65. The number of carbonyl (C=O) groups is 3. The molecule has 8 heteroatoms. The molecule has 1 N–H and O–H groups in total. The Morgan fingerprint density at radius 2 is 1.97 bits per heavy atom. The average Bonchev–Trinajstić information content (AvgIpc) is 3.59. The molecular formula is C27H26N2O6. The van der Waals surface area contributed by atoms with E-state index in [4.69, 9.17) is 9.47 Å². The molecule has 8 nitrogen and oxygen atoms in total. The lowest BCUT2D eigenvalue weighted by Gasteiger charge is -2.35. The Bertz CT molecular complexity index is 1310. The Morgan fingerprint density at radius 3 is 2.74 bits per heavy atom. The number of nitrogens with zero attached hydrogens (tertiary/aromatic N) is 2. The van der Waals surface area contributed by atoms with Crippen molar-refractivity contribution < 1.29 is 29.0 Å². The van der Waals surface area contributed by atoms with Crippen molar-refractivity contribution in [2.45, 2.75) is 43.9 Å². The molecular weight excluding hydrogens is 448 g/mol. The minimum atomic E-state index is -1.75. The number of ketones is 1. The number of para-hydroxylation sites is 1. The van der Waals surface area contributed by atoms with E-state index in [1.807, 2.05) is 6.92 Å². The molecule has 2 fully saturated rings. The normalized spacial score (nSPS) is 28.7. The number of hydrogen-bond acceptors (Lipinski definition) is 6. The number of ether oxygens (including phenoxy) is 2. The first-order chi connectivity index (χ1) is 16.8. The minimum Gasteiger partial charge on any atom is -0.507 e. The number of amides is 2. The van der Waals surface area contributed by atoms with Gasteiger partial charge in [0.1, 0.15) is 17.6 Å². The number of aliphatic hydroxyl groups excluding tert-OH is 1. The number of fused-ring (bicyclic) bond motifs is 3. The number of benzene rings is 2. The Labute approximate surface area is 202 Å². The smallest absolute Gasteiger partial charge is 0.296 e. The molecule has 0 aliphatic carbocycles. The molecule has 2 saturated heterocycles. The van der Waals surface area contributed by atoms with Gasteiger partial charge < -0.3 is 24.4 Å². The largest absolute Gasteiger partial charge is 0.507 e. The molecule has 2 amide bonds. The third-order valence-corrected chi connectivity index (χ3v) is 7.52. The zero-order valence-corrected chi connectivity index (χ0v) is 19.6. The topological polar surface area (TPSA) is 96.4 Å². The molecule has 0 unspecified atom stereocenters. The molecule has 4 heterocycles. The van der Waals surface area contributed by atoms with E-state index in [1.54, 1.807) is 49.5 Å². The summed E-state index contributed by atoms with van der Waals surface area (Å²) in [6, 6.07) is 12.3. The highest BCUT2D eigenvalue weighted by Gasteiger charge is 2.67. The third-order valence-electron chi connectivity index (χ3n) is 7.52. The van der Waals surface area contributed by atoms with Crippen LogP contribution in [-0.2, 0) is 31.1 Å². The summed E-state index contributed by atoms with van der Waals surface area (Å²) < 4.78 is 11.5. The van der Waals surface area contributed by atoms with Crippen LogP contribution in [0, 0.1) is 0 Å². The van der Waals surface area contributed by atoms with Crippen molar-refractivity contribution in [3.8, 4) is 5.75 Å². The van der Waals surface area contributed by atoms with Gasteiger partial charge in [0.25, 0.3) is 17.6 Å². The SMILES string of the molecule is C[C@@H]1Cc2cc(C(O)=C3C(=O)C(=O)N(C[C@@H]4CCCO4)[C@]34C(=O)N(C)c3ccccc34)ccc2O1. The molecule has 180 valence electrons. The zero-order valence-electron chi connectivity index (χ0n) is 19.6. The van der Waals surface area contributed by atoms with Crippen LogP contribution in [-0.4, -0.2) is 60.0 Å². The Morgan fingerprint density at radius 1 is 1.17 bits per heavy atom. The van der Waals surface area contributed by atoms with E-state index in [-0.39, 0.29) is 30.1 Å². The summed E-state index contributed by atoms with van der Waals surface area (Å²) in [6.07, 6.45) is 1.97. The van der Waals surface area contributed by atoms with Crippen LogP contribution in [0.2, 0.25) is 0 Å². The van der Waals surface area contributed by atoms with Crippen LogP contribution in [0.3, 0.4) is 0 Å². The molecule has 2 aromatic carbocycles. The van der Waals surface area contributed by atoms with Crippen molar-refractivity contribution in [1.82, 2.24) is 4.90 Å². The van der Waals surface area contributed by atoms with Gasteiger partial charge in [0.2, 0.25) is 0 Å². The highest BCUT2D eigenvalue weighted by molar-refractivity contribution is 6.50. The summed E-state index contributed by atoms with van der Waals surface area (Å²) in [4.78, 5) is 43.8. The summed E-state index contributed by atoms with van der Waals surface area (Å²) in [5.74, 6) is -1.76. The predicted molar refractivity (Wildman–Crippen MR) is 127 cm³/mol. The molecule has 4 aliphatic heterocycles. The van der Waals surface area contributed by atoms with E-state index >= 15 is 0 Å². The van der Waals surface area contributed by atoms with Crippen LogP contribution in [0.25, 0.3) is 5.76 Å². The lowest BCUT2D eigenvalue weighted by atomic mass is 9.81. The molecule has 3 atom stereocenters. The monoisotopic (exact) mass is 474 g/mol. The summed E-state index contributed by atoms with van der Waals surface area (Å²) in [5, 5.41) is 11.6. The van der Waals surface area contributed by atoms with E-state index in [0.717, 1.165) is 24.2 Å². The van der Waals surface area contributed by atoms with Crippen molar-refractivity contribution in [3.05, 3.63) is 64.7 Å². The van der Waals surface area contributed by atoms with E-state index in [1.165, 1.54) is 9.80 Å². The molecule has 35 heavy (non-hydrogen) atoms. The van der Waals surface area contributed by atoms with Crippen molar-refractivity contribution >= 4 is 29.0 Å². The number of carbonyl (C=O) groups excluding carboxylic acids is 3. The van der Waals surface area contributed by atoms with Crippen LogP contribution < -0.4 is 9.64 Å². The van der Waals surface area contributed by atoms with E-state index in [9.17, 15) is 19.5 Å². The maximum absolute atomic E-state index is 14.0. The van der Waals surface area contributed by atoms with Gasteiger partial charge in [0, 0.05) is 43.4 Å². The number of likely N-dealkylation sites (tertiary alicyclic amines) is 1. The van der Waals surface area contributed by atoms with Crippen molar-refractivity contribution in [1.29, 1.82) is 0 Å². The van der Waals surface area contributed by atoms with Gasteiger partial charge >= 0.3 is 0 Å². The second-order valence-electron chi connectivity index (χ2n) is 9.65. The summed E-state index contributed by atoms with van der Waals surface area (Å²) in [6.45, 7) is 2.62. The van der Waals surface area contributed by atoms with Gasteiger partial charge in [-0.3, -0.25) is 14.4 Å². The third kappa shape index (κ3) is 2.92. The van der Waals surface area contributed by atoms with Crippen LogP contribution in [0.15, 0.2) is 48.0 Å². The van der Waals surface area contributed by atoms with Gasteiger partial charge in [0.05, 0.1) is 11.7 Å². The second-order valence-corrected chi connectivity index (χ2v) is 9.65. The molecule has 0 saturated carbocycles. The first-order valence-electron chi connectivity index (χ1n) is 11.9. The number of hydrogen-bond donors (Lipinski definition) is 1. The van der Waals surface area contributed by atoms with Crippen LogP contribution in [0.1, 0.15) is 36.5 Å². The standard InChI is InChI=1S/C27H26N2O6/c1-15-12-17-13-16(9-10-21(17)35-15)23(30)22-24(31)25(32)29(14-18-6-5-11-34-18)27(22)19-7-3-4-8-20(19)28(2)26(27)33/h3-4,7-10,13,15,18,30H,5-6,11-12,14H2,1-2H3/t15-,18+,27+/m1/s1. The number of likely N-dealkylation sites (N-methyl/N-ethyl adjacent to an activating group) is 1. The van der Waals surface area contributed by atoms with Crippen molar-refractivity contribution in [2.24, 2.45) is 0 Å². The fourth-order valence-electron chi connectivity index (χ4n) is 5.93. The predicted octanol–water partition coefficient (Wildman–Crippen LogP) is 2.74. The highest BCUT2D eigenvalue weighted by atomic mass is 16.5. The molecule has 0 bridgehead atoms. The minimum absolute atomic E-state index is 0.00918. The van der Waals surface area contributed by atoms with Gasteiger partial charge in [-0.05, 0) is 49.6 Å². The maximum Gasteiger partial charge on any atom is 0.296 e. The fraction of sp³-hybridized carbons (Fsp3) is 0.370. The molecule has 1 spiro atoms. The molecule has 2 aromatic rings. The van der Waals surface area contributed by atoms with Gasteiger partial charge in [0.15, 0.2) is 5.54 Å². The highest BCUT2D eigenvalue weighted by Crippen LogP contribution is 2.53. The van der Waals surface area contributed by atoms with Crippen LogP contribution >= 0.6 is 0 Å². The average molecular weight is 475 g/mol. The summed E-state index contributed by atoms with van der Waals surface area (Å²) in [7, 11) is 1.62. The lowest BCUT2D eigenvalue weighted by molar-refractivity contribution is -0.145. The van der Waals surface area contributed by atoms with E-state index in [0.29, 0.717) is 29.8 Å².